The van der Waals surface area contributed by atoms with Crippen LogP contribution >= 0.6 is 0 Å². The van der Waals surface area contributed by atoms with E-state index in [1.165, 1.54) is 0 Å². The van der Waals surface area contributed by atoms with E-state index in [1.54, 1.807) is 12.2 Å². The number of nitrogens with zero attached hydrogens (tertiary/aromatic N) is 3. The van der Waals surface area contributed by atoms with E-state index in [9.17, 15) is 0 Å². The smallest absolute Gasteiger partial charge is 0.247 e. The third kappa shape index (κ3) is 3.52. The molecule has 29 heavy (non-hydrogen) atoms. The van der Waals surface area contributed by atoms with Gasteiger partial charge in [-0.3, -0.25) is 0 Å². The lowest BCUT2D eigenvalue weighted by molar-refractivity contribution is -0.159. The maximum absolute atomic E-state index is 6.47. The molecule has 2 aromatic carbocycles. The number of benzene rings is 2. The summed E-state index contributed by atoms with van der Waals surface area (Å²) < 4.78 is 17.2. The van der Waals surface area contributed by atoms with Gasteiger partial charge in [0.15, 0.2) is 0 Å². The quantitative estimate of drug-likeness (QED) is 0.719. The Morgan fingerprint density at radius 2 is 1.69 bits per heavy atom. The summed E-state index contributed by atoms with van der Waals surface area (Å²) in [6, 6.07) is 15.6. The predicted octanol–water partition coefficient (Wildman–Crippen LogP) is 3.56. The van der Waals surface area contributed by atoms with E-state index in [0.29, 0.717) is 24.2 Å². The minimum Gasteiger partial charge on any atom is -0.457 e. The fourth-order valence-corrected chi connectivity index (χ4v) is 3.73. The molecule has 0 N–H and O–H groups in total. The van der Waals surface area contributed by atoms with Crippen molar-refractivity contribution in [3.05, 3.63) is 59.7 Å². The number of hydrogen-bond acceptors (Lipinski definition) is 7. The highest BCUT2D eigenvalue weighted by Gasteiger charge is 2.49. The Bertz CT molecular complexity index is 838. The number of guanidine groups is 1. The van der Waals surface area contributed by atoms with E-state index in [-0.39, 0.29) is 6.79 Å². The molecule has 0 unspecified atom stereocenters. The molecule has 0 atom stereocenters. The molecule has 2 aliphatic heterocycles. The molecule has 0 aliphatic carbocycles. The van der Waals surface area contributed by atoms with Crippen molar-refractivity contribution in [1.82, 2.24) is 9.96 Å². The molecule has 2 aromatic rings. The van der Waals surface area contributed by atoms with Crippen LogP contribution in [-0.4, -0.2) is 50.1 Å². The van der Waals surface area contributed by atoms with Crippen molar-refractivity contribution in [3.63, 3.8) is 0 Å². The van der Waals surface area contributed by atoms with E-state index in [1.807, 2.05) is 55.6 Å². The van der Waals surface area contributed by atoms with E-state index in [0.717, 1.165) is 30.5 Å². The van der Waals surface area contributed by atoms with Crippen molar-refractivity contribution in [1.29, 1.82) is 0 Å². The number of para-hydroxylation sites is 2. The van der Waals surface area contributed by atoms with E-state index in [2.05, 4.69) is 11.8 Å². The summed E-state index contributed by atoms with van der Waals surface area (Å²) in [6.45, 7) is 3.55. The van der Waals surface area contributed by atoms with E-state index in [4.69, 9.17) is 24.0 Å². The van der Waals surface area contributed by atoms with Gasteiger partial charge in [-0.25, -0.2) is 14.9 Å². The molecule has 7 heteroatoms. The average Bonchev–Trinajstić information content (AvgIpc) is 3.09. The second-order valence-electron chi connectivity index (χ2n) is 7.08. The molecule has 0 saturated heterocycles. The van der Waals surface area contributed by atoms with Crippen molar-refractivity contribution in [2.45, 2.75) is 25.5 Å². The molecule has 0 saturated carbocycles. The van der Waals surface area contributed by atoms with Crippen molar-refractivity contribution in [2.24, 2.45) is 4.99 Å². The molecule has 2 heterocycles. The van der Waals surface area contributed by atoms with Crippen LogP contribution in [0.1, 0.15) is 30.9 Å². The Morgan fingerprint density at radius 1 is 1.07 bits per heavy atom. The van der Waals surface area contributed by atoms with Gasteiger partial charge in [0.2, 0.25) is 18.5 Å². The summed E-state index contributed by atoms with van der Waals surface area (Å²) in [4.78, 5) is 13.7. The van der Waals surface area contributed by atoms with Crippen molar-refractivity contribution in [2.75, 3.05) is 34.2 Å². The lowest BCUT2D eigenvalue weighted by Gasteiger charge is -2.31. The van der Waals surface area contributed by atoms with Crippen LogP contribution in [0.5, 0.6) is 11.5 Å². The largest absolute Gasteiger partial charge is 0.457 e. The van der Waals surface area contributed by atoms with Crippen LogP contribution in [-0.2, 0) is 15.3 Å². The maximum atomic E-state index is 6.47. The Kier molecular flexibility index (Phi) is 5.60. The third-order valence-electron chi connectivity index (χ3n) is 5.09. The molecule has 1 spiro atoms. The highest BCUT2D eigenvalue weighted by Crippen LogP contribution is 2.48. The molecule has 0 amide bonds. The predicted molar refractivity (Wildman–Crippen MR) is 110 cm³/mol. The summed E-state index contributed by atoms with van der Waals surface area (Å²) >= 11 is 0. The zero-order valence-corrected chi connectivity index (χ0v) is 17.1. The summed E-state index contributed by atoms with van der Waals surface area (Å²) in [5, 5.41) is 1.71. The monoisotopic (exact) mass is 397 g/mol. The Balaban J connectivity index is 1.88. The molecule has 0 bridgehead atoms. The van der Waals surface area contributed by atoms with Gasteiger partial charge < -0.3 is 19.1 Å². The van der Waals surface area contributed by atoms with Gasteiger partial charge in [0.1, 0.15) is 18.2 Å². The van der Waals surface area contributed by atoms with Gasteiger partial charge in [0, 0.05) is 20.7 Å². The Morgan fingerprint density at radius 3 is 2.28 bits per heavy atom. The van der Waals surface area contributed by atoms with Crippen LogP contribution < -0.4 is 9.47 Å². The van der Waals surface area contributed by atoms with Crippen LogP contribution in [0.2, 0.25) is 0 Å². The van der Waals surface area contributed by atoms with Gasteiger partial charge in [0.25, 0.3) is 0 Å². The fourth-order valence-electron chi connectivity index (χ4n) is 3.73. The molecular formula is C22H27N3O4. The maximum Gasteiger partial charge on any atom is 0.247 e. The zero-order valence-electron chi connectivity index (χ0n) is 17.1. The highest BCUT2D eigenvalue weighted by molar-refractivity contribution is 5.81. The van der Waals surface area contributed by atoms with Crippen LogP contribution in [0.3, 0.4) is 0 Å². The molecule has 4 rings (SSSR count). The second-order valence-corrected chi connectivity index (χ2v) is 7.08. The SMILES string of the molecule is CCCCN(COC)C1=NC2(ON1C)c1ccccc1OCOc1ccccc12. The minimum atomic E-state index is -1.10. The fraction of sp³-hybridized carbons (Fsp3) is 0.409. The van der Waals surface area contributed by atoms with Gasteiger partial charge in [0.05, 0.1) is 11.1 Å². The highest BCUT2D eigenvalue weighted by atomic mass is 16.7. The van der Waals surface area contributed by atoms with Crippen LogP contribution in [0.4, 0.5) is 0 Å². The van der Waals surface area contributed by atoms with Crippen LogP contribution in [0, 0.1) is 0 Å². The van der Waals surface area contributed by atoms with Crippen LogP contribution in [0.15, 0.2) is 53.5 Å². The number of hydrogen-bond donors (Lipinski definition) is 0. The van der Waals surface area contributed by atoms with E-state index < -0.39 is 5.72 Å². The number of ether oxygens (including phenoxy) is 3. The third-order valence-corrected chi connectivity index (χ3v) is 5.09. The lowest BCUT2D eigenvalue weighted by Crippen LogP contribution is -2.41. The van der Waals surface area contributed by atoms with Crippen molar-refractivity contribution < 1.29 is 19.0 Å². The first kappa shape index (κ1) is 19.5. The van der Waals surface area contributed by atoms with E-state index >= 15 is 0 Å². The first-order chi connectivity index (χ1) is 14.2. The summed E-state index contributed by atoms with van der Waals surface area (Å²) in [6.07, 6.45) is 2.11. The number of aliphatic imine (C=N–C) groups is 1. The first-order valence-electron chi connectivity index (χ1n) is 9.91. The van der Waals surface area contributed by atoms with Gasteiger partial charge in [-0.05, 0) is 30.7 Å². The standard InChI is InChI=1S/C22H27N3O4/c1-4-5-14-25(15-26-3)21-23-22(29-24(21)2)17-10-6-8-12-19(17)27-16-28-20-13-9-7-11-18(20)22/h6-13H,4-5,14-16H2,1-3H3. The summed E-state index contributed by atoms with van der Waals surface area (Å²) in [7, 11) is 3.56. The molecule has 2 aliphatic rings. The topological polar surface area (TPSA) is 55.8 Å². The number of rotatable bonds is 5. The van der Waals surface area contributed by atoms with Crippen LogP contribution in [0.25, 0.3) is 0 Å². The summed E-state index contributed by atoms with van der Waals surface area (Å²) in [5.41, 5.74) is 0.575. The molecule has 0 fully saturated rings. The first-order valence-corrected chi connectivity index (χ1v) is 9.91. The molecular weight excluding hydrogens is 370 g/mol. The Hall–Kier alpha value is -2.77. The summed E-state index contributed by atoms with van der Waals surface area (Å²) in [5.74, 6) is 2.09. The van der Waals surface area contributed by atoms with Crippen molar-refractivity contribution >= 4 is 5.96 Å². The molecule has 154 valence electrons. The molecule has 7 nitrogen and oxygen atoms in total. The Labute approximate surface area is 171 Å². The van der Waals surface area contributed by atoms with Gasteiger partial charge >= 0.3 is 0 Å². The normalized spacial score (nSPS) is 16.8. The minimum absolute atomic E-state index is 0.128. The van der Waals surface area contributed by atoms with Gasteiger partial charge in [-0.1, -0.05) is 37.6 Å². The molecule has 0 radical (unpaired) electrons. The number of fused-ring (bicyclic) bond motifs is 4. The van der Waals surface area contributed by atoms with Gasteiger partial charge in [-0.15, -0.1) is 0 Å². The number of methoxy groups -OCH3 is 1. The zero-order chi connectivity index (χ0) is 20.3. The number of unbranched alkanes of at least 4 members (excludes halogenated alkanes) is 1. The van der Waals surface area contributed by atoms with Crippen molar-refractivity contribution in [3.8, 4) is 11.5 Å². The average molecular weight is 397 g/mol. The number of hydroxylamine groups is 2. The second kappa shape index (κ2) is 8.31. The van der Waals surface area contributed by atoms with Gasteiger partial charge in [-0.2, -0.15) is 0 Å². The lowest BCUT2D eigenvalue weighted by atomic mass is 9.93. The molecule has 0 aromatic heterocycles.